The summed E-state index contributed by atoms with van der Waals surface area (Å²) in [6.07, 6.45) is 0. The molecule has 5 N–H and O–H groups in total. The predicted octanol–water partition coefficient (Wildman–Crippen LogP) is 0.617. The number of anilines is 2. The molecule has 120 valence electrons. The number of phenols is 1. The average Bonchev–Trinajstić information content (AvgIpc) is 2.49. The Morgan fingerprint density at radius 1 is 0.913 bits per heavy atom. The fourth-order valence-electron chi connectivity index (χ4n) is 1.67. The van der Waals surface area contributed by atoms with Crippen LogP contribution in [0.25, 0.3) is 0 Å². The van der Waals surface area contributed by atoms with Crippen molar-refractivity contribution in [2.24, 2.45) is 5.14 Å². The monoisotopic (exact) mass is 335 g/mol. The number of amides is 2. The van der Waals surface area contributed by atoms with Crippen molar-refractivity contribution in [2.75, 3.05) is 10.6 Å². The highest BCUT2D eigenvalue weighted by Gasteiger charge is 2.16. The summed E-state index contributed by atoms with van der Waals surface area (Å²) in [5.41, 5.74) is 0.312. The molecule has 8 nitrogen and oxygen atoms in total. The van der Waals surface area contributed by atoms with Crippen LogP contribution in [0.15, 0.2) is 53.4 Å². The summed E-state index contributed by atoms with van der Waals surface area (Å²) in [5.74, 6) is -2.13. The predicted molar refractivity (Wildman–Crippen MR) is 83.2 cm³/mol. The van der Waals surface area contributed by atoms with Gasteiger partial charge in [0.05, 0.1) is 10.6 Å². The summed E-state index contributed by atoms with van der Waals surface area (Å²) in [6, 6.07) is 10.9. The van der Waals surface area contributed by atoms with Crippen LogP contribution in [-0.2, 0) is 19.6 Å². The van der Waals surface area contributed by atoms with Crippen molar-refractivity contribution in [2.45, 2.75) is 4.90 Å². The van der Waals surface area contributed by atoms with Crippen LogP contribution < -0.4 is 15.8 Å². The molecule has 0 atom stereocenters. The summed E-state index contributed by atoms with van der Waals surface area (Å²) >= 11 is 0. The van der Waals surface area contributed by atoms with E-state index in [-0.39, 0.29) is 22.0 Å². The van der Waals surface area contributed by atoms with Crippen LogP contribution >= 0.6 is 0 Å². The molecular weight excluding hydrogens is 322 g/mol. The molecule has 23 heavy (non-hydrogen) atoms. The third-order valence-corrected chi connectivity index (χ3v) is 3.73. The van der Waals surface area contributed by atoms with E-state index in [1.165, 1.54) is 36.4 Å². The maximum absolute atomic E-state index is 11.8. The molecule has 2 aromatic carbocycles. The summed E-state index contributed by atoms with van der Waals surface area (Å²) in [6.45, 7) is 0. The Morgan fingerprint density at radius 2 is 1.48 bits per heavy atom. The highest BCUT2D eigenvalue weighted by atomic mass is 32.2. The second kappa shape index (κ2) is 6.46. The third kappa shape index (κ3) is 4.28. The van der Waals surface area contributed by atoms with E-state index in [1.54, 1.807) is 12.1 Å². The lowest BCUT2D eigenvalue weighted by Gasteiger charge is -2.08. The van der Waals surface area contributed by atoms with Crippen LogP contribution in [-0.4, -0.2) is 25.3 Å². The third-order valence-electron chi connectivity index (χ3n) is 2.80. The van der Waals surface area contributed by atoms with Gasteiger partial charge in [0, 0.05) is 5.69 Å². The SMILES string of the molecule is NS(=O)(=O)c1ccc(NC(=O)C(=O)Nc2ccccc2O)cc1. The van der Waals surface area contributed by atoms with Crippen LogP contribution in [0.5, 0.6) is 5.75 Å². The normalized spacial score (nSPS) is 10.8. The number of rotatable bonds is 3. The Labute approximate surface area is 132 Å². The summed E-state index contributed by atoms with van der Waals surface area (Å²) in [5, 5.41) is 19.0. The number of carbonyl (C=O) groups is 2. The maximum atomic E-state index is 11.8. The number of hydrogen-bond acceptors (Lipinski definition) is 5. The standard InChI is InChI=1S/C14H13N3O5S/c15-23(21,22)10-7-5-9(6-8-10)16-13(19)14(20)17-11-3-1-2-4-12(11)18/h1-8,18H,(H,16,19)(H,17,20)(H2,15,21,22). The van der Waals surface area contributed by atoms with Crippen molar-refractivity contribution in [1.82, 2.24) is 0 Å². The molecule has 0 heterocycles. The Kier molecular flexibility index (Phi) is 4.63. The molecule has 0 radical (unpaired) electrons. The molecule has 0 unspecified atom stereocenters. The Balaban J connectivity index is 2.04. The zero-order valence-corrected chi connectivity index (χ0v) is 12.5. The molecular formula is C14H13N3O5S. The van der Waals surface area contributed by atoms with E-state index in [0.717, 1.165) is 0 Å². The number of hydrogen-bond donors (Lipinski definition) is 4. The Hall–Kier alpha value is -2.91. The van der Waals surface area contributed by atoms with Gasteiger partial charge in [0.1, 0.15) is 5.75 Å². The van der Waals surface area contributed by atoms with Crippen LogP contribution in [0.3, 0.4) is 0 Å². The molecule has 0 aliphatic heterocycles. The Morgan fingerprint density at radius 3 is 2.04 bits per heavy atom. The molecule has 0 spiro atoms. The lowest BCUT2D eigenvalue weighted by molar-refractivity contribution is -0.133. The van der Waals surface area contributed by atoms with E-state index < -0.39 is 21.8 Å². The highest BCUT2D eigenvalue weighted by Crippen LogP contribution is 2.21. The first-order valence-electron chi connectivity index (χ1n) is 6.30. The zero-order valence-electron chi connectivity index (χ0n) is 11.7. The number of carbonyl (C=O) groups excluding carboxylic acids is 2. The van der Waals surface area contributed by atoms with E-state index in [2.05, 4.69) is 10.6 Å². The minimum atomic E-state index is -3.83. The van der Waals surface area contributed by atoms with Gasteiger partial charge in [-0.3, -0.25) is 9.59 Å². The average molecular weight is 335 g/mol. The minimum Gasteiger partial charge on any atom is -0.506 e. The zero-order chi connectivity index (χ0) is 17.0. The molecule has 0 saturated carbocycles. The quantitative estimate of drug-likeness (QED) is 0.481. The molecule has 0 saturated heterocycles. The summed E-state index contributed by atoms with van der Waals surface area (Å²) < 4.78 is 22.2. The van der Waals surface area contributed by atoms with Crippen molar-refractivity contribution in [1.29, 1.82) is 0 Å². The van der Waals surface area contributed by atoms with E-state index in [1.807, 2.05) is 0 Å². The van der Waals surface area contributed by atoms with Gasteiger partial charge >= 0.3 is 11.8 Å². The van der Waals surface area contributed by atoms with Crippen LogP contribution in [0.1, 0.15) is 0 Å². The minimum absolute atomic E-state index is 0.0947. The molecule has 0 aromatic heterocycles. The van der Waals surface area contributed by atoms with Crippen molar-refractivity contribution in [3.63, 3.8) is 0 Å². The van der Waals surface area contributed by atoms with E-state index in [0.29, 0.717) is 0 Å². The van der Waals surface area contributed by atoms with Gasteiger partial charge in [0.15, 0.2) is 0 Å². The van der Waals surface area contributed by atoms with Crippen LogP contribution in [0.2, 0.25) is 0 Å². The molecule has 0 fully saturated rings. The maximum Gasteiger partial charge on any atom is 0.314 e. The number of para-hydroxylation sites is 2. The van der Waals surface area contributed by atoms with Gasteiger partial charge in [0.25, 0.3) is 0 Å². The van der Waals surface area contributed by atoms with Gasteiger partial charge in [-0.2, -0.15) is 0 Å². The second-order valence-electron chi connectivity index (χ2n) is 4.49. The first kappa shape index (κ1) is 16.5. The first-order valence-corrected chi connectivity index (χ1v) is 7.85. The van der Waals surface area contributed by atoms with Crippen molar-refractivity contribution in [3.05, 3.63) is 48.5 Å². The fraction of sp³-hybridized carbons (Fsp3) is 0. The number of primary sulfonamides is 1. The smallest absolute Gasteiger partial charge is 0.314 e. The summed E-state index contributed by atoms with van der Waals surface area (Å²) in [7, 11) is -3.83. The Bertz CT molecular complexity index is 847. The van der Waals surface area contributed by atoms with Crippen LogP contribution in [0.4, 0.5) is 11.4 Å². The molecule has 2 rings (SSSR count). The van der Waals surface area contributed by atoms with E-state index in [9.17, 15) is 23.1 Å². The van der Waals surface area contributed by atoms with Gasteiger partial charge in [-0.1, -0.05) is 12.1 Å². The van der Waals surface area contributed by atoms with Gasteiger partial charge in [-0.25, -0.2) is 13.6 Å². The fourth-order valence-corrected chi connectivity index (χ4v) is 2.19. The van der Waals surface area contributed by atoms with Crippen molar-refractivity contribution < 1.29 is 23.1 Å². The number of nitrogens with one attached hydrogen (secondary N) is 2. The molecule has 0 aliphatic carbocycles. The van der Waals surface area contributed by atoms with Gasteiger partial charge < -0.3 is 15.7 Å². The van der Waals surface area contributed by atoms with Crippen LogP contribution in [0, 0.1) is 0 Å². The lowest BCUT2D eigenvalue weighted by atomic mass is 10.3. The van der Waals surface area contributed by atoms with Gasteiger partial charge in [-0.05, 0) is 36.4 Å². The molecule has 9 heteroatoms. The van der Waals surface area contributed by atoms with Crippen molar-refractivity contribution >= 4 is 33.2 Å². The molecule has 2 aromatic rings. The number of aromatic hydroxyl groups is 1. The highest BCUT2D eigenvalue weighted by molar-refractivity contribution is 7.89. The van der Waals surface area contributed by atoms with Crippen molar-refractivity contribution in [3.8, 4) is 5.75 Å². The first-order chi connectivity index (χ1) is 10.8. The number of nitrogens with two attached hydrogens (primary N) is 1. The lowest BCUT2D eigenvalue weighted by Crippen LogP contribution is -2.29. The van der Waals surface area contributed by atoms with E-state index >= 15 is 0 Å². The van der Waals surface area contributed by atoms with Gasteiger partial charge in [-0.15, -0.1) is 0 Å². The summed E-state index contributed by atoms with van der Waals surface area (Å²) in [4.78, 5) is 23.4. The topological polar surface area (TPSA) is 139 Å². The molecule has 2 amide bonds. The number of benzene rings is 2. The second-order valence-corrected chi connectivity index (χ2v) is 6.06. The van der Waals surface area contributed by atoms with E-state index in [4.69, 9.17) is 5.14 Å². The largest absolute Gasteiger partial charge is 0.506 e. The van der Waals surface area contributed by atoms with Gasteiger partial charge in [0.2, 0.25) is 10.0 Å². The number of phenolic OH excluding ortho intramolecular Hbond substituents is 1. The number of sulfonamides is 1. The molecule has 0 aliphatic rings. The molecule has 0 bridgehead atoms.